The first kappa shape index (κ1) is 2.46. The van der Waals surface area contributed by atoms with E-state index in [2.05, 4.69) is 4.74 Å². The van der Waals surface area contributed by atoms with Gasteiger partial charge in [0.25, 0.3) is 0 Å². The predicted molar refractivity (Wildman–Crippen MR) is 26.1 cm³/mol. The summed E-state index contributed by atoms with van der Waals surface area (Å²) in [4.78, 5) is 0. The van der Waals surface area contributed by atoms with Crippen LogP contribution in [0, 0.1) is 0 Å². The molecule has 0 aromatic heterocycles. The minimum Gasteiger partial charge on any atom is -0.393 e. The third-order valence-electron chi connectivity index (χ3n) is 0.854. The topological polar surface area (TPSA) is 29.5 Å². The van der Waals surface area contributed by atoms with E-state index in [1.807, 2.05) is 0 Å². The van der Waals surface area contributed by atoms with E-state index < -0.39 is 19.2 Å². The number of hydrogen-bond donors (Lipinski definition) is 1. The molecule has 0 saturated carbocycles. The first-order valence-corrected chi connectivity index (χ1v) is 2.28. The molecule has 2 unspecified atom stereocenters. The Hall–Kier alpha value is -0.0800. The lowest BCUT2D eigenvalue weighted by Gasteiger charge is -2.15. The van der Waals surface area contributed by atoms with Crippen LogP contribution in [0.3, 0.4) is 0 Å². The predicted octanol–water partition coefficient (Wildman–Crippen LogP) is 0.158. The zero-order chi connectivity index (χ0) is 7.78. The maximum absolute atomic E-state index is 8.98. The highest BCUT2D eigenvalue weighted by Crippen LogP contribution is 2.03. The Balaban J connectivity index is 2.51. The van der Waals surface area contributed by atoms with Gasteiger partial charge < -0.3 is 9.84 Å². The summed E-state index contributed by atoms with van der Waals surface area (Å²) in [5.41, 5.74) is 0. The van der Waals surface area contributed by atoms with Gasteiger partial charge in [0.15, 0.2) is 0 Å². The molecular formula is C5H10O2. The second-order valence-electron chi connectivity index (χ2n) is 1.52. The van der Waals surface area contributed by atoms with Crippen LogP contribution >= 0.6 is 0 Å². The first-order chi connectivity index (χ1) is 4.49. The van der Waals surface area contributed by atoms with E-state index in [-0.39, 0.29) is 12.8 Å². The normalized spacial score (nSPS) is 57.0. The maximum atomic E-state index is 8.98. The fourth-order valence-corrected chi connectivity index (χ4v) is 0.446. The standard InChI is InChI=1S/C5H10O2/c6-5-1-3-7-4-2-5/h5-6H,1-4H2/i3D,4D2. The Morgan fingerprint density at radius 2 is 2.57 bits per heavy atom. The highest BCUT2D eigenvalue weighted by molar-refractivity contribution is 4.58. The smallest absolute Gasteiger partial charge is 0.0584 e. The van der Waals surface area contributed by atoms with Crippen molar-refractivity contribution in [3.63, 3.8) is 0 Å². The monoisotopic (exact) mass is 105 g/mol. The van der Waals surface area contributed by atoms with E-state index in [0.717, 1.165) is 0 Å². The molecular weight excluding hydrogens is 92.1 g/mol. The van der Waals surface area contributed by atoms with Gasteiger partial charge in [-0.1, -0.05) is 0 Å². The Kier molecular flexibility index (Phi) is 0.804. The number of rotatable bonds is 0. The Morgan fingerprint density at radius 3 is 3.14 bits per heavy atom. The minimum absolute atomic E-state index is 0.0254. The molecule has 0 aromatic rings. The van der Waals surface area contributed by atoms with Crippen molar-refractivity contribution in [3.8, 4) is 0 Å². The highest BCUT2D eigenvalue weighted by Gasteiger charge is 2.07. The van der Waals surface area contributed by atoms with Crippen molar-refractivity contribution in [1.29, 1.82) is 0 Å². The van der Waals surface area contributed by atoms with E-state index in [9.17, 15) is 0 Å². The molecule has 2 atom stereocenters. The van der Waals surface area contributed by atoms with Crippen LogP contribution in [0.15, 0.2) is 0 Å². The molecule has 1 aliphatic rings. The van der Waals surface area contributed by atoms with Gasteiger partial charge in [-0.3, -0.25) is 0 Å². The summed E-state index contributed by atoms with van der Waals surface area (Å²) in [5.74, 6) is 0. The van der Waals surface area contributed by atoms with Crippen molar-refractivity contribution < 1.29 is 14.0 Å². The molecule has 0 amide bonds. The summed E-state index contributed by atoms with van der Waals surface area (Å²) in [6.07, 6.45) is -0.548. The summed E-state index contributed by atoms with van der Waals surface area (Å²) < 4.78 is 25.7. The van der Waals surface area contributed by atoms with Gasteiger partial charge in [0, 0.05) is 13.1 Å². The van der Waals surface area contributed by atoms with Gasteiger partial charge in [-0.25, -0.2) is 0 Å². The average Bonchev–Trinajstić information content (AvgIpc) is 1.54. The Labute approximate surface area is 47.3 Å². The number of aliphatic hydroxyl groups is 1. The van der Waals surface area contributed by atoms with Crippen LogP contribution in [0.2, 0.25) is 0 Å². The lowest BCUT2D eigenvalue weighted by molar-refractivity contribution is 0.0140. The molecule has 0 aliphatic carbocycles. The lowest BCUT2D eigenvalue weighted by atomic mass is 10.2. The van der Waals surface area contributed by atoms with E-state index in [4.69, 9.17) is 9.22 Å². The molecule has 42 valence electrons. The Morgan fingerprint density at radius 1 is 1.71 bits per heavy atom. The fourth-order valence-electron chi connectivity index (χ4n) is 0.446. The summed E-state index contributed by atoms with van der Waals surface area (Å²) in [6.45, 7) is -2.73. The lowest BCUT2D eigenvalue weighted by Crippen LogP contribution is -2.19. The van der Waals surface area contributed by atoms with Gasteiger partial charge in [0.05, 0.1) is 10.2 Å². The summed E-state index contributed by atoms with van der Waals surface area (Å²) in [5, 5.41) is 8.98. The van der Waals surface area contributed by atoms with Crippen molar-refractivity contribution in [3.05, 3.63) is 0 Å². The zero-order valence-electron chi connectivity index (χ0n) is 6.92. The number of aliphatic hydroxyl groups excluding tert-OH is 1. The number of hydrogen-bond acceptors (Lipinski definition) is 2. The van der Waals surface area contributed by atoms with E-state index in [0.29, 0.717) is 0 Å². The second kappa shape index (κ2) is 2.28. The van der Waals surface area contributed by atoms with Crippen LogP contribution in [0.25, 0.3) is 0 Å². The van der Waals surface area contributed by atoms with E-state index in [1.54, 1.807) is 0 Å². The molecule has 1 heterocycles. The molecule has 1 rings (SSSR count). The maximum Gasteiger partial charge on any atom is 0.0584 e. The molecule has 7 heavy (non-hydrogen) atoms. The van der Waals surface area contributed by atoms with Gasteiger partial charge in [-0.15, -0.1) is 0 Å². The highest BCUT2D eigenvalue weighted by atomic mass is 16.5. The van der Waals surface area contributed by atoms with Crippen molar-refractivity contribution in [2.75, 3.05) is 13.1 Å². The van der Waals surface area contributed by atoms with Crippen LogP contribution in [0.1, 0.15) is 17.0 Å². The molecule has 0 spiro atoms. The first-order valence-electron chi connectivity index (χ1n) is 3.85. The molecule has 1 N–H and O–H groups in total. The van der Waals surface area contributed by atoms with Gasteiger partial charge in [-0.05, 0) is 12.8 Å². The molecule has 1 aliphatic heterocycles. The quantitative estimate of drug-likeness (QED) is 0.475. The molecule has 0 radical (unpaired) electrons. The van der Waals surface area contributed by atoms with Crippen molar-refractivity contribution >= 4 is 0 Å². The van der Waals surface area contributed by atoms with Gasteiger partial charge >= 0.3 is 0 Å². The molecule has 1 saturated heterocycles. The van der Waals surface area contributed by atoms with E-state index >= 15 is 0 Å². The van der Waals surface area contributed by atoms with Crippen LogP contribution in [0.4, 0.5) is 0 Å². The summed E-state index contributed by atoms with van der Waals surface area (Å²) in [7, 11) is 0. The SMILES string of the molecule is [2H]C1CC(O)CC([2H])([2H])O1. The van der Waals surface area contributed by atoms with Gasteiger partial charge in [0.1, 0.15) is 0 Å². The van der Waals surface area contributed by atoms with Gasteiger partial charge in [-0.2, -0.15) is 0 Å². The van der Waals surface area contributed by atoms with Crippen molar-refractivity contribution in [1.82, 2.24) is 0 Å². The molecule has 0 aromatic carbocycles. The molecule has 0 bridgehead atoms. The fraction of sp³-hybridized carbons (Fsp3) is 1.00. The Bertz CT molecular complexity index is 116. The third-order valence-corrected chi connectivity index (χ3v) is 0.854. The van der Waals surface area contributed by atoms with Crippen molar-refractivity contribution in [2.45, 2.75) is 18.9 Å². The van der Waals surface area contributed by atoms with E-state index in [1.165, 1.54) is 0 Å². The van der Waals surface area contributed by atoms with Crippen molar-refractivity contribution in [2.24, 2.45) is 0 Å². The second-order valence-corrected chi connectivity index (χ2v) is 1.52. The number of ether oxygens (including phenoxy) is 1. The molecule has 1 fully saturated rings. The van der Waals surface area contributed by atoms with Crippen LogP contribution in [-0.4, -0.2) is 24.4 Å². The van der Waals surface area contributed by atoms with Crippen LogP contribution < -0.4 is 0 Å². The largest absolute Gasteiger partial charge is 0.393 e. The summed E-state index contributed by atoms with van der Waals surface area (Å²) in [6, 6.07) is 0. The minimum atomic E-state index is -1.82. The van der Waals surface area contributed by atoms with Crippen LogP contribution in [-0.2, 0) is 4.74 Å². The molecule has 2 nitrogen and oxygen atoms in total. The van der Waals surface area contributed by atoms with Crippen LogP contribution in [0.5, 0.6) is 0 Å². The third kappa shape index (κ3) is 1.45. The molecule has 2 heteroatoms. The average molecular weight is 105 g/mol. The summed E-state index contributed by atoms with van der Waals surface area (Å²) >= 11 is 0. The zero-order valence-corrected chi connectivity index (χ0v) is 3.92. The van der Waals surface area contributed by atoms with Gasteiger partial charge in [0.2, 0.25) is 0 Å².